The molecule has 5 rings (SSSR count). The maximum absolute atomic E-state index is 13.3. The third kappa shape index (κ3) is 6.52. The number of nitrogens with two attached hydrogens (primary N) is 1. The minimum absolute atomic E-state index is 0.0133. The van der Waals surface area contributed by atoms with E-state index < -0.39 is 23.6 Å². The van der Waals surface area contributed by atoms with E-state index in [1.807, 2.05) is 0 Å². The van der Waals surface area contributed by atoms with Gasteiger partial charge in [-0.2, -0.15) is 13.2 Å². The molecule has 2 heterocycles. The minimum atomic E-state index is -4.45. The lowest BCUT2D eigenvalue weighted by Crippen LogP contribution is -2.46. The van der Waals surface area contributed by atoms with Gasteiger partial charge in [-0.25, -0.2) is 9.97 Å². The van der Waals surface area contributed by atoms with E-state index in [-0.39, 0.29) is 17.6 Å². The molecule has 210 valence electrons. The van der Waals surface area contributed by atoms with Gasteiger partial charge in [0.05, 0.1) is 17.5 Å². The van der Waals surface area contributed by atoms with Crippen LogP contribution in [0.25, 0.3) is 22.4 Å². The Morgan fingerprint density at radius 3 is 2.46 bits per heavy atom. The first kappa shape index (κ1) is 27.8. The van der Waals surface area contributed by atoms with Crippen molar-refractivity contribution in [1.82, 2.24) is 20.6 Å². The maximum atomic E-state index is 13.3. The molecule has 4 aromatic rings. The number of benzene rings is 3. The van der Waals surface area contributed by atoms with Crippen molar-refractivity contribution in [3.05, 3.63) is 95.8 Å². The second-order valence-electron chi connectivity index (χ2n) is 9.66. The summed E-state index contributed by atoms with van der Waals surface area (Å²) < 4.78 is 39.0. The molecule has 3 aromatic carbocycles. The van der Waals surface area contributed by atoms with E-state index in [9.17, 15) is 22.8 Å². The molecule has 1 saturated heterocycles. The number of piperidine rings is 1. The van der Waals surface area contributed by atoms with Gasteiger partial charge in [0.2, 0.25) is 0 Å². The van der Waals surface area contributed by atoms with Gasteiger partial charge in [-0.05, 0) is 60.8 Å². The summed E-state index contributed by atoms with van der Waals surface area (Å²) in [5, 5.41) is 9.02. The van der Waals surface area contributed by atoms with Crippen LogP contribution in [0.4, 0.5) is 24.7 Å². The Morgan fingerprint density at radius 1 is 0.951 bits per heavy atom. The number of carbonyl (C=O) groups excluding carboxylic acids is 2. The van der Waals surface area contributed by atoms with Crippen LogP contribution in [-0.4, -0.2) is 40.9 Å². The van der Waals surface area contributed by atoms with Crippen LogP contribution in [0.3, 0.4) is 0 Å². The predicted molar refractivity (Wildman–Crippen MR) is 150 cm³/mol. The zero-order chi connectivity index (χ0) is 29.0. The number of carbonyl (C=O) groups is 2. The van der Waals surface area contributed by atoms with E-state index in [1.54, 1.807) is 48.5 Å². The summed E-state index contributed by atoms with van der Waals surface area (Å²) in [7, 11) is 0. The number of hydrogen-bond donors (Lipinski definition) is 4. The van der Waals surface area contributed by atoms with Crippen LogP contribution in [0.15, 0.2) is 79.0 Å². The molecular weight excluding hydrogens is 533 g/mol. The van der Waals surface area contributed by atoms with Crippen LogP contribution < -0.4 is 21.7 Å². The SMILES string of the molecule is Nc1ncc(-c2cccc(NC(=O)c3ccccc3-c3ccc(C(F)(F)F)cc3)c2)nc1C(=O)NC1CCCNC1. The van der Waals surface area contributed by atoms with Crippen LogP contribution >= 0.6 is 0 Å². The van der Waals surface area contributed by atoms with Crippen molar-refractivity contribution in [3.63, 3.8) is 0 Å². The van der Waals surface area contributed by atoms with Crippen molar-refractivity contribution >= 4 is 23.3 Å². The van der Waals surface area contributed by atoms with E-state index in [0.29, 0.717) is 40.2 Å². The first-order chi connectivity index (χ1) is 19.7. The van der Waals surface area contributed by atoms with Crippen molar-refractivity contribution in [1.29, 1.82) is 0 Å². The highest BCUT2D eigenvalue weighted by atomic mass is 19.4. The first-order valence-electron chi connectivity index (χ1n) is 13.0. The van der Waals surface area contributed by atoms with Gasteiger partial charge in [-0.1, -0.05) is 42.5 Å². The van der Waals surface area contributed by atoms with Gasteiger partial charge in [0, 0.05) is 29.4 Å². The van der Waals surface area contributed by atoms with E-state index in [0.717, 1.165) is 31.5 Å². The van der Waals surface area contributed by atoms with Gasteiger partial charge in [0.25, 0.3) is 11.8 Å². The molecular formula is C30H27F3N6O2. The minimum Gasteiger partial charge on any atom is -0.382 e. The van der Waals surface area contributed by atoms with E-state index in [4.69, 9.17) is 5.73 Å². The number of rotatable bonds is 6. The molecule has 0 radical (unpaired) electrons. The van der Waals surface area contributed by atoms with E-state index >= 15 is 0 Å². The lowest BCUT2D eigenvalue weighted by Gasteiger charge is -2.23. The zero-order valence-corrected chi connectivity index (χ0v) is 21.8. The lowest BCUT2D eigenvalue weighted by molar-refractivity contribution is -0.137. The Kier molecular flexibility index (Phi) is 7.97. The molecule has 0 aliphatic carbocycles. The smallest absolute Gasteiger partial charge is 0.382 e. The molecule has 41 heavy (non-hydrogen) atoms. The van der Waals surface area contributed by atoms with Gasteiger partial charge >= 0.3 is 6.18 Å². The molecule has 0 bridgehead atoms. The first-order valence-corrected chi connectivity index (χ1v) is 13.0. The van der Waals surface area contributed by atoms with Crippen molar-refractivity contribution < 1.29 is 22.8 Å². The quantitative estimate of drug-likeness (QED) is 0.259. The average molecular weight is 561 g/mol. The molecule has 1 aromatic heterocycles. The number of aromatic nitrogens is 2. The monoisotopic (exact) mass is 560 g/mol. The predicted octanol–water partition coefficient (Wildman–Crippen LogP) is 5.15. The summed E-state index contributed by atoms with van der Waals surface area (Å²) in [5.41, 5.74) is 7.92. The van der Waals surface area contributed by atoms with Crippen molar-refractivity contribution in [3.8, 4) is 22.4 Å². The van der Waals surface area contributed by atoms with E-state index in [2.05, 4.69) is 25.9 Å². The molecule has 0 spiro atoms. The number of nitrogens with zero attached hydrogens (tertiary/aromatic N) is 2. The lowest BCUT2D eigenvalue weighted by atomic mass is 9.98. The van der Waals surface area contributed by atoms with Crippen LogP contribution in [0.1, 0.15) is 39.3 Å². The molecule has 0 saturated carbocycles. The molecule has 1 aliphatic heterocycles. The summed E-state index contributed by atoms with van der Waals surface area (Å²) in [6.45, 7) is 1.58. The maximum Gasteiger partial charge on any atom is 0.416 e. The number of nitrogens with one attached hydrogen (secondary N) is 3. The number of nitrogen functional groups attached to an aromatic ring is 1. The molecule has 1 aliphatic rings. The van der Waals surface area contributed by atoms with Gasteiger partial charge in [0.1, 0.15) is 0 Å². The number of hydrogen-bond acceptors (Lipinski definition) is 6. The fourth-order valence-corrected chi connectivity index (χ4v) is 4.66. The Labute approximate surface area is 234 Å². The number of alkyl halides is 3. The van der Waals surface area contributed by atoms with Crippen LogP contribution in [0.2, 0.25) is 0 Å². The Balaban J connectivity index is 1.35. The third-order valence-corrected chi connectivity index (χ3v) is 6.76. The molecule has 8 nitrogen and oxygen atoms in total. The summed E-state index contributed by atoms with van der Waals surface area (Å²) >= 11 is 0. The van der Waals surface area contributed by atoms with Gasteiger partial charge in [-0.3, -0.25) is 9.59 Å². The van der Waals surface area contributed by atoms with E-state index in [1.165, 1.54) is 18.3 Å². The van der Waals surface area contributed by atoms with Gasteiger partial charge < -0.3 is 21.7 Å². The molecule has 1 atom stereocenters. The molecule has 1 fully saturated rings. The van der Waals surface area contributed by atoms with Crippen molar-refractivity contribution in [2.24, 2.45) is 0 Å². The Hall–Kier alpha value is -4.77. The highest BCUT2D eigenvalue weighted by Gasteiger charge is 2.30. The number of anilines is 2. The van der Waals surface area contributed by atoms with Gasteiger partial charge in [0.15, 0.2) is 11.5 Å². The van der Waals surface area contributed by atoms with Crippen molar-refractivity contribution in [2.75, 3.05) is 24.1 Å². The topological polar surface area (TPSA) is 122 Å². The molecule has 2 amide bonds. The number of amides is 2. The fourth-order valence-electron chi connectivity index (χ4n) is 4.66. The zero-order valence-electron chi connectivity index (χ0n) is 21.8. The summed E-state index contributed by atoms with van der Waals surface area (Å²) in [6.07, 6.45) is -1.18. The third-order valence-electron chi connectivity index (χ3n) is 6.76. The van der Waals surface area contributed by atoms with Gasteiger partial charge in [-0.15, -0.1) is 0 Å². The van der Waals surface area contributed by atoms with Crippen LogP contribution in [0.5, 0.6) is 0 Å². The molecule has 1 unspecified atom stereocenters. The standard InChI is InChI=1S/C30H27F3N6O2/c31-30(32,33)20-12-10-18(11-13-20)23-8-1-2-9-24(23)28(40)37-21-6-3-5-19(15-21)25-17-36-27(34)26(39-25)29(41)38-22-7-4-14-35-16-22/h1-3,5-6,8-13,15,17,22,35H,4,7,14,16H2,(H2,34,36)(H,37,40)(H,38,41). The summed E-state index contributed by atoms with van der Waals surface area (Å²) in [4.78, 5) is 34.7. The average Bonchev–Trinajstić information content (AvgIpc) is 2.97. The fraction of sp³-hybridized carbons (Fsp3) is 0.200. The second kappa shape index (κ2) is 11.8. The highest BCUT2D eigenvalue weighted by molar-refractivity contribution is 6.09. The van der Waals surface area contributed by atoms with Crippen molar-refractivity contribution in [2.45, 2.75) is 25.1 Å². The normalized spacial score (nSPS) is 15.2. The highest BCUT2D eigenvalue weighted by Crippen LogP contribution is 2.32. The summed E-state index contributed by atoms with van der Waals surface area (Å²) in [5.74, 6) is -0.837. The number of halogens is 3. The molecule has 5 N–H and O–H groups in total. The second-order valence-corrected chi connectivity index (χ2v) is 9.66. The largest absolute Gasteiger partial charge is 0.416 e. The Bertz CT molecular complexity index is 1570. The Morgan fingerprint density at radius 2 is 1.73 bits per heavy atom. The van der Waals surface area contributed by atoms with Crippen LogP contribution in [0, 0.1) is 0 Å². The summed E-state index contributed by atoms with van der Waals surface area (Å²) in [6, 6.07) is 18.2. The molecule has 11 heteroatoms. The van der Waals surface area contributed by atoms with Crippen LogP contribution in [-0.2, 0) is 6.18 Å².